The van der Waals surface area contributed by atoms with Gasteiger partial charge < -0.3 is 10.6 Å². The molecule has 0 aliphatic rings. The van der Waals surface area contributed by atoms with Crippen LogP contribution in [0.3, 0.4) is 0 Å². The average Bonchev–Trinajstić information content (AvgIpc) is 2.54. The Morgan fingerprint density at radius 2 is 1.57 bits per heavy atom. The zero-order valence-corrected chi connectivity index (χ0v) is 16.6. The fourth-order valence-corrected chi connectivity index (χ4v) is 2.37. The molecule has 0 atom stereocenters. The van der Waals surface area contributed by atoms with E-state index in [0.29, 0.717) is 6.54 Å². The second-order valence-corrected chi connectivity index (χ2v) is 5.33. The van der Waals surface area contributed by atoms with Gasteiger partial charge in [0, 0.05) is 18.1 Å². The van der Waals surface area contributed by atoms with Crippen LogP contribution in [0.1, 0.15) is 19.4 Å². The molecule has 0 spiro atoms. The van der Waals surface area contributed by atoms with Crippen LogP contribution in [0.5, 0.6) is 0 Å². The number of nitrogens with one attached hydrogen (secondary N) is 2. The lowest BCUT2D eigenvalue weighted by atomic mass is 10.00. The number of benzene rings is 2. The molecule has 2 rings (SSSR count). The minimum atomic E-state index is 0. The van der Waals surface area contributed by atoms with Crippen LogP contribution in [-0.4, -0.2) is 19.0 Å². The highest BCUT2D eigenvalue weighted by atomic mass is 127. The van der Waals surface area contributed by atoms with Crippen LogP contribution in [0.4, 0.5) is 0 Å². The van der Waals surface area contributed by atoms with Gasteiger partial charge in [-0.2, -0.15) is 0 Å². The van der Waals surface area contributed by atoms with Crippen molar-refractivity contribution in [3.63, 3.8) is 0 Å². The molecule has 0 saturated heterocycles. The van der Waals surface area contributed by atoms with E-state index in [1.54, 1.807) is 0 Å². The molecule has 124 valence electrons. The van der Waals surface area contributed by atoms with E-state index in [1.165, 1.54) is 11.1 Å². The fourth-order valence-electron chi connectivity index (χ4n) is 2.24. The van der Waals surface area contributed by atoms with Crippen molar-refractivity contribution in [1.82, 2.24) is 10.6 Å². The Kier molecular flexibility index (Phi) is 9.02. The molecule has 0 amide bonds. The van der Waals surface area contributed by atoms with Crippen molar-refractivity contribution in [3.05, 3.63) is 59.1 Å². The third kappa shape index (κ3) is 6.03. The van der Waals surface area contributed by atoms with E-state index in [4.69, 9.17) is 11.6 Å². The molecule has 5 heteroatoms. The van der Waals surface area contributed by atoms with Crippen LogP contribution >= 0.6 is 35.6 Å². The monoisotopic (exact) mass is 443 g/mol. The topological polar surface area (TPSA) is 36.4 Å². The Hall–Kier alpha value is -1.27. The molecule has 3 nitrogen and oxygen atoms in total. The molecular formula is C18H23ClIN3. The third-order valence-corrected chi connectivity index (χ3v) is 3.52. The van der Waals surface area contributed by atoms with E-state index in [1.807, 2.05) is 36.4 Å². The van der Waals surface area contributed by atoms with E-state index in [-0.39, 0.29) is 24.0 Å². The Balaban J connectivity index is 0.00000264. The average molecular weight is 444 g/mol. The van der Waals surface area contributed by atoms with Crippen molar-refractivity contribution in [2.24, 2.45) is 4.99 Å². The normalized spacial score (nSPS) is 9.70. The molecule has 0 fully saturated rings. The number of nitrogens with zero attached hydrogens (tertiary/aromatic N) is 1. The molecule has 0 aliphatic carbocycles. The van der Waals surface area contributed by atoms with Crippen molar-refractivity contribution in [3.8, 4) is 11.1 Å². The van der Waals surface area contributed by atoms with Crippen molar-refractivity contribution in [2.45, 2.75) is 20.4 Å². The standard InChI is InChI=1S/C18H22ClN3.HI/c1-3-20-18(21-4-2)22-13-15-7-5-6-8-17(15)14-9-11-16(19)12-10-14;/h5-12H,3-4,13H2,1-2H3,(H2,20,21,22);1H. The van der Waals surface area contributed by atoms with Crippen LogP contribution in [-0.2, 0) is 6.54 Å². The van der Waals surface area contributed by atoms with E-state index in [9.17, 15) is 0 Å². The molecule has 2 aromatic carbocycles. The van der Waals surface area contributed by atoms with Crippen LogP contribution < -0.4 is 10.6 Å². The van der Waals surface area contributed by atoms with Crippen LogP contribution in [0.2, 0.25) is 5.02 Å². The van der Waals surface area contributed by atoms with Crippen molar-refractivity contribution < 1.29 is 0 Å². The maximum absolute atomic E-state index is 5.97. The molecule has 0 aliphatic heterocycles. The molecule has 0 unspecified atom stereocenters. The summed E-state index contributed by atoms with van der Waals surface area (Å²) in [6.45, 7) is 6.46. The summed E-state index contributed by atoms with van der Waals surface area (Å²) in [5.41, 5.74) is 3.54. The summed E-state index contributed by atoms with van der Waals surface area (Å²) in [5.74, 6) is 0.843. The molecular weight excluding hydrogens is 421 g/mol. The number of hydrogen-bond donors (Lipinski definition) is 2. The summed E-state index contributed by atoms with van der Waals surface area (Å²) < 4.78 is 0. The van der Waals surface area contributed by atoms with Gasteiger partial charge >= 0.3 is 0 Å². The molecule has 23 heavy (non-hydrogen) atoms. The molecule has 2 aromatic rings. The molecule has 2 N–H and O–H groups in total. The van der Waals surface area contributed by atoms with Crippen molar-refractivity contribution >= 4 is 41.5 Å². The maximum Gasteiger partial charge on any atom is 0.191 e. The SMILES string of the molecule is CCNC(=NCc1ccccc1-c1ccc(Cl)cc1)NCC.I. The summed E-state index contributed by atoms with van der Waals surface area (Å²) in [5, 5.41) is 7.23. The second-order valence-electron chi connectivity index (χ2n) is 4.89. The Morgan fingerprint density at radius 3 is 2.17 bits per heavy atom. The fraction of sp³-hybridized carbons (Fsp3) is 0.278. The summed E-state index contributed by atoms with van der Waals surface area (Å²) in [4.78, 5) is 4.65. The number of guanidine groups is 1. The summed E-state index contributed by atoms with van der Waals surface area (Å²) in [6.07, 6.45) is 0. The zero-order valence-electron chi connectivity index (χ0n) is 13.5. The first-order valence-electron chi connectivity index (χ1n) is 7.60. The predicted molar refractivity (Wildman–Crippen MR) is 111 cm³/mol. The Bertz CT molecular complexity index is 618. The van der Waals surface area contributed by atoms with Gasteiger partial charge in [-0.3, -0.25) is 0 Å². The smallest absolute Gasteiger partial charge is 0.191 e. The first-order valence-corrected chi connectivity index (χ1v) is 7.98. The molecule has 0 heterocycles. The summed E-state index contributed by atoms with van der Waals surface area (Å²) in [7, 11) is 0. The highest BCUT2D eigenvalue weighted by Gasteiger charge is 2.04. The molecule has 0 radical (unpaired) electrons. The van der Waals surface area contributed by atoms with Gasteiger partial charge in [0.15, 0.2) is 5.96 Å². The first kappa shape index (κ1) is 19.8. The maximum atomic E-state index is 5.97. The van der Waals surface area contributed by atoms with Gasteiger partial charge in [-0.25, -0.2) is 4.99 Å². The molecule has 0 bridgehead atoms. The highest BCUT2D eigenvalue weighted by Crippen LogP contribution is 2.25. The lowest BCUT2D eigenvalue weighted by Crippen LogP contribution is -2.36. The van der Waals surface area contributed by atoms with Gasteiger partial charge in [0.2, 0.25) is 0 Å². The Labute approximate surface area is 160 Å². The summed E-state index contributed by atoms with van der Waals surface area (Å²) >= 11 is 5.97. The lowest BCUT2D eigenvalue weighted by Gasteiger charge is -2.11. The van der Waals surface area contributed by atoms with E-state index >= 15 is 0 Å². The van der Waals surface area contributed by atoms with Gasteiger partial charge in [-0.15, -0.1) is 24.0 Å². The third-order valence-electron chi connectivity index (χ3n) is 3.27. The minimum absolute atomic E-state index is 0. The van der Waals surface area contributed by atoms with E-state index in [2.05, 4.69) is 41.6 Å². The number of aliphatic imine (C=N–C) groups is 1. The Morgan fingerprint density at radius 1 is 0.957 bits per heavy atom. The van der Waals surface area contributed by atoms with Gasteiger partial charge in [-0.1, -0.05) is 48.0 Å². The van der Waals surface area contributed by atoms with Crippen molar-refractivity contribution in [1.29, 1.82) is 0 Å². The molecule has 0 aromatic heterocycles. The number of rotatable bonds is 5. The van der Waals surface area contributed by atoms with Crippen LogP contribution in [0.15, 0.2) is 53.5 Å². The van der Waals surface area contributed by atoms with E-state index < -0.39 is 0 Å². The van der Waals surface area contributed by atoms with Crippen molar-refractivity contribution in [2.75, 3.05) is 13.1 Å². The highest BCUT2D eigenvalue weighted by molar-refractivity contribution is 14.0. The first-order chi connectivity index (χ1) is 10.7. The van der Waals surface area contributed by atoms with Gasteiger partial charge in [0.25, 0.3) is 0 Å². The summed E-state index contributed by atoms with van der Waals surface area (Å²) in [6, 6.07) is 16.2. The van der Waals surface area contributed by atoms with Gasteiger partial charge in [0.05, 0.1) is 6.54 Å². The van der Waals surface area contributed by atoms with E-state index in [0.717, 1.165) is 29.6 Å². The largest absolute Gasteiger partial charge is 0.357 e. The van der Waals surface area contributed by atoms with Crippen LogP contribution in [0, 0.1) is 0 Å². The lowest BCUT2D eigenvalue weighted by molar-refractivity contribution is 0.839. The number of hydrogen-bond acceptors (Lipinski definition) is 1. The molecule has 0 saturated carbocycles. The van der Waals surface area contributed by atoms with Gasteiger partial charge in [0.1, 0.15) is 0 Å². The quantitative estimate of drug-likeness (QED) is 0.399. The minimum Gasteiger partial charge on any atom is -0.357 e. The second kappa shape index (κ2) is 10.5. The number of halogens is 2. The predicted octanol–water partition coefficient (Wildman–Crippen LogP) is 4.70. The van der Waals surface area contributed by atoms with Crippen LogP contribution in [0.25, 0.3) is 11.1 Å². The zero-order chi connectivity index (χ0) is 15.8. The van der Waals surface area contributed by atoms with Gasteiger partial charge in [-0.05, 0) is 42.7 Å².